The van der Waals surface area contributed by atoms with Crippen molar-refractivity contribution >= 4 is 15.9 Å². The largest absolute Gasteiger partial charge is 0.271 e. The summed E-state index contributed by atoms with van der Waals surface area (Å²) in [5.41, 5.74) is 3.34. The van der Waals surface area contributed by atoms with Crippen LogP contribution in [-0.2, 0) is 12.8 Å². The number of halogens is 4. The predicted molar refractivity (Wildman–Crippen MR) is 79.0 cm³/mol. The lowest BCUT2D eigenvalue weighted by molar-refractivity contribution is 0.484. The molecule has 2 nitrogen and oxygen atoms in total. The van der Waals surface area contributed by atoms with E-state index in [4.69, 9.17) is 5.84 Å². The van der Waals surface area contributed by atoms with E-state index in [0.29, 0.717) is 10.9 Å². The zero-order valence-electron chi connectivity index (χ0n) is 11.0. The second-order valence-electron chi connectivity index (χ2n) is 4.72. The van der Waals surface area contributed by atoms with Crippen molar-refractivity contribution in [3.05, 3.63) is 69.4 Å². The molecule has 0 aromatic heterocycles. The SMILES string of the molecule is NNC(Cc1ccc(F)c(Br)c1)Cc1c(F)cccc1F. The van der Waals surface area contributed by atoms with Crippen LogP contribution in [0.25, 0.3) is 0 Å². The average Bonchev–Trinajstić information content (AvgIpc) is 2.45. The van der Waals surface area contributed by atoms with Gasteiger partial charge in [0, 0.05) is 11.6 Å². The summed E-state index contributed by atoms with van der Waals surface area (Å²) in [6.07, 6.45) is 0.521. The first-order chi connectivity index (χ1) is 10.0. The number of nitrogens with two attached hydrogens (primary N) is 1. The van der Waals surface area contributed by atoms with Crippen molar-refractivity contribution in [2.45, 2.75) is 18.9 Å². The fourth-order valence-electron chi connectivity index (χ4n) is 2.11. The number of rotatable bonds is 5. The number of hydrogen-bond acceptors (Lipinski definition) is 2. The minimum atomic E-state index is -0.601. The molecular weight excluding hydrogens is 345 g/mol. The van der Waals surface area contributed by atoms with Gasteiger partial charge in [-0.1, -0.05) is 12.1 Å². The third-order valence-corrected chi connectivity index (χ3v) is 3.82. The molecule has 2 aromatic carbocycles. The van der Waals surface area contributed by atoms with Crippen molar-refractivity contribution in [2.24, 2.45) is 5.84 Å². The quantitative estimate of drug-likeness (QED) is 0.634. The van der Waals surface area contributed by atoms with Crippen LogP contribution in [0.15, 0.2) is 40.9 Å². The van der Waals surface area contributed by atoms with Gasteiger partial charge in [-0.2, -0.15) is 0 Å². The van der Waals surface area contributed by atoms with Crippen molar-refractivity contribution < 1.29 is 13.2 Å². The van der Waals surface area contributed by atoms with Gasteiger partial charge in [0.1, 0.15) is 17.5 Å². The van der Waals surface area contributed by atoms with E-state index in [-0.39, 0.29) is 23.8 Å². The average molecular weight is 359 g/mol. The van der Waals surface area contributed by atoms with Crippen molar-refractivity contribution in [2.75, 3.05) is 0 Å². The third-order valence-electron chi connectivity index (χ3n) is 3.21. The van der Waals surface area contributed by atoms with Crippen LogP contribution in [0.5, 0.6) is 0 Å². The van der Waals surface area contributed by atoms with E-state index in [9.17, 15) is 13.2 Å². The van der Waals surface area contributed by atoms with Crippen LogP contribution in [0.1, 0.15) is 11.1 Å². The van der Waals surface area contributed by atoms with Gasteiger partial charge in [0.2, 0.25) is 0 Å². The molecule has 0 fully saturated rings. The maximum atomic E-state index is 13.6. The molecule has 0 heterocycles. The first-order valence-electron chi connectivity index (χ1n) is 6.34. The molecule has 3 N–H and O–H groups in total. The molecule has 21 heavy (non-hydrogen) atoms. The molecule has 0 saturated heterocycles. The highest BCUT2D eigenvalue weighted by Crippen LogP contribution is 2.20. The van der Waals surface area contributed by atoms with Crippen molar-refractivity contribution in [1.29, 1.82) is 0 Å². The van der Waals surface area contributed by atoms with E-state index in [0.717, 1.165) is 5.56 Å². The molecule has 0 aliphatic heterocycles. The fourth-order valence-corrected chi connectivity index (χ4v) is 2.54. The zero-order valence-corrected chi connectivity index (χ0v) is 12.6. The minimum absolute atomic E-state index is 0.0124. The smallest absolute Gasteiger partial charge is 0.137 e. The van der Waals surface area contributed by atoms with E-state index in [1.807, 2.05) is 0 Å². The Labute approximate surface area is 129 Å². The lowest BCUT2D eigenvalue weighted by atomic mass is 9.99. The number of hydrazine groups is 1. The van der Waals surface area contributed by atoms with E-state index in [1.54, 1.807) is 12.1 Å². The molecule has 1 atom stereocenters. The summed E-state index contributed by atoms with van der Waals surface area (Å²) in [4.78, 5) is 0. The Bertz CT molecular complexity index is 614. The molecular formula is C15H14BrF3N2. The van der Waals surface area contributed by atoms with Gasteiger partial charge in [0.25, 0.3) is 0 Å². The molecule has 2 aromatic rings. The van der Waals surface area contributed by atoms with Crippen LogP contribution < -0.4 is 11.3 Å². The van der Waals surface area contributed by atoms with E-state index < -0.39 is 11.6 Å². The Balaban J connectivity index is 2.15. The molecule has 0 saturated carbocycles. The lowest BCUT2D eigenvalue weighted by Crippen LogP contribution is -2.38. The van der Waals surface area contributed by atoms with Crippen LogP contribution in [-0.4, -0.2) is 6.04 Å². The Hall–Kier alpha value is -1.37. The van der Waals surface area contributed by atoms with Gasteiger partial charge in [-0.15, -0.1) is 0 Å². The van der Waals surface area contributed by atoms with E-state index in [2.05, 4.69) is 21.4 Å². The Morgan fingerprint density at radius 1 is 1.00 bits per heavy atom. The highest BCUT2D eigenvalue weighted by molar-refractivity contribution is 9.10. The van der Waals surface area contributed by atoms with Crippen LogP contribution >= 0.6 is 15.9 Å². The summed E-state index contributed by atoms with van der Waals surface area (Å²) >= 11 is 3.10. The third kappa shape index (κ3) is 4.06. The number of benzene rings is 2. The van der Waals surface area contributed by atoms with Crippen LogP contribution in [0.2, 0.25) is 0 Å². The highest BCUT2D eigenvalue weighted by Gasteiger charge is 2.16. The summed E-state index contributed by atoms with van der Waals surface area (Å²) in [5.74, 6) is 3.89. The van der Waals surface area contributed by atoms with Gasteiger partial charge in [-0.25, -0.2) is 13.2 Å². The summed E-state index contributed by atoms with van der Waals surface area (Å²) in [5, 5.41) is 0. The minimum Gasteiger partial charge on any atom is -0.271 e. The normalized spacial score (nSPS) is 12.4. The monoisotopic (exact) mass is 358 g/mol. The lowest BCUT2D eigenvalue weighted by Gasteiger charge is -2.17. The Morgan fingerprint density at radius 3 is 2.24 bits per heavy atom. The van der Waals surface area contributed by atoms with Gasteiger partial charge in [0.15, 0.2) is 0 Å². The molecule has 0 aliphatic rings. The molecule has 6 heteroatoms. The molecule has 0 radical (unpaired) electrons. The summed E-state index contributed by atoms with van der Waals surface area (Å²) in [7, 11) is 0. The Kier molecular flexibility index (Phi) is 5.39. The van der Waals surface area contributed by atoms with Gasteiger partial charge in [-0.05, 0) is 58.6 Å². The maximum absolute atomic E-state index is 13.6. The molecule has 1 unspecified atom stereocenters. The molecule has 0 amide bonds. The van der Waals surface area contributed by atoms with Gasteiger partial charge in [-0.3, -0.25) is 11.3 Å². The van der Waals surface area contributed by atoms with E-state index >= 15 is 0 Å². The predicted octanol–water partition coefficient (Wildman–Crippen LogP) is 3.48. The topological polar surface area (TPSA) is 38.0 Å². The summed E-state index contributed by atoms with van der Waals surface area (Å²) in [6, 6.07) is 7.93. The molecule has 0 aliphatic carbocycles. The second-order valence-corrected chi connectivity index (χ2v) is 5.57. The number of nitrogens with one attached hydrogen (secondary N) is 1. The number of hydrogen-bond donors (Lipinski definition) is 2. The molecule has 112 valence electrons. The van der Waals surface area contributed by atoms with Gasteiger partial charge >= 0.3 is 0 Å². The van der Waals surface area contributed by atoms with Crippen LogP contribution in [0.3, 0.4) is 0 Å². The second kappa shape index (κ2) is 7.06. The molecule has 2 rings (SSSR count). The molecule has 0 spiro atoms. The van der Waals surface area contributed by atoms with Crippen molar-refractivity contribution in [3.63, 3.8) is 0 Å². The first kappa shape index (κ1) is 16.0. The standard InChI is InChI=1S/C15H14BrF3N2/c16-12-7-9(4-5-15(12)19)6-10(21-20)8-11-13(17)2-1-3-14(11)18/h1-5,7,10,21H,6,8,20H2. The maximum Gasteiger partial charge on any atom is 0.137 e. The summed E-state index contributed by atoms with van der Waals surface area (Å²) < 4.78 is 40.8. The van der Waals surface area contributed by atoms with Gasteiger partial charge < -0.3 is 0 Å². The summed E-state index contributed by atoms with van der Waals surface area (Å²) in [6.45, 7) is 0. The Morgan fingerprint density at radius 2 is 1.67 bits per heavy atom. The highest BCUT2D eigenvalue weighted by atomic mass is 79.9. The van der Waals surface area contributed by atoms with Crippen LogP contribution in [0, 0.1) is 17.5 Å². The van der Waals surface area contributed by atoms with Gasteiger partial charge in [0.05, 0.1) is 4.47 Å². The zero-order chi connectivity index (χ0) is 15.4. The fraction of sp³-hybridized carbons (Fsp3) is 0.200. The van der Waals surface area contributed by atoms with Crippen molar-refractivity contribution in [1.82, 2.24) is 5.43 Å². The first-order valence-corrected chi connectivity index (χ1v) is 7.13. The molecule has 0 bridgehead atoms. The van der Waals surface area contributed by atoms with E-state index in [1.165, 1.54) is 24.3 Å². The van der Waals surface area contributed by atoms with Crippen LogP contribution in [0.4, 0.5) is 13.2 Å². The van der Waals surface area contributed by atoms with Crippen molar-refractivity contribution in [3.8, 4) is 0 Å².